The number of hydrogen-bond acceptors (Lipinski definition) is 6. The van der Waals surface area contributed by atoms with E-state index < -0.39 is 27.4 Å². The van der Waals surface area contributed by atoms with Gasteiger partial charge in [0.1, 0.15) is 6.54 Å². The Morgan fingerprint density at radius 2 is 1.84 bits per heavy atom. The minimum Gasteiger partial charge on any atom is -0.381 e. The molecule has 2 aromatic carbocycles. The normalized spacial score (nSPS) is 15.7. The van der Waals surface area contributed by atoms with Gasteiger partial charge in [-0.1, -0.05) is 36.4 Å². The summed E-state index contributed by atoms with van der Waals surface area (Å²) >= 11 is 0. The number of rotatable bonds is 8. The molecule has 0 saturated carbocycles. The highest BCUT2D eigenvalue weighted by Gasteiger charge is 2.35. The van der Waals surface area contributed by atoms with Crippen molar-refractivity contribution in [2.75, 3.05) is 36.9 Å². The van der Waals surface area contributed by atoms with Gasteiger partial charge in [-0.2, -0.15) is 0 Å². The predicted octanol–water partition coefficient (Wildman–Crippen LogP) is 2.53. The third kappa shape index (κ3) is 5.43. The van der Waals surface area contributed by atoms with Crippen LogP contribution in [0.2, 0.25) is 0 Å². The average molecular weight is 462 g/mol. The highest BCUT2D eigenvalue weighted by atomic mass is 32.2. The molecule has 1 heterocycles. The second-order valence-electron chi connectivity index (χ2n) is 8.03. The van der Waals surface area contributed by atoms with Gasteiger partial charge in [-0.25, -0.2) is 8.42 Å². The van der Waals surface area contributed by atoms with E-state index in [1.54, 1.807) is 6.92 Å². The van der Waals surface area contributed by atoms with Crippen molar-refractivity contribution in [2.24, 2.45) is 0 Å². The highest BCUT2D eigenvalue weighted by Crippen LogP contribution is 2.34. The van der Waals surface area contributed by atoms with Gasteiger partial charge in [-0.15, -0.1) is 0 Å². The molecule has 2 aromatic rings. The van der Waals surface area contributed by atoms with Crippen molar-refractivity contribution < 1.29 is 22.9 Å². The summed E-state index contributed by atoms with van der Waals surface area (Å²) in [6.45, 7) is 2.66. The summed E-state index contributed by atoms with van der Waals surface area (Å²) in [6.07, 6.45) is 2.44. The quantitative estimate of drug-likeness (QED) is 0.477. The molecular formula is C22H27N3O6S. The second-order valence-corrected chi connectivity index (χ2v) is 9.94. The first-order chi connectivity index (χ1) is 15.1. The maximum absolute atomic E-state index is 12.8. The van der Waals surface area contributed by atoms with Crippen LogP contribution in [0.25, 0.3) is 0 Å². The lowest BCUT2D eigenvalue weighted by Crippen LogP contribution is -2.48. The largest absolute Gasteiger partial charge is 0.381 e. The molecule has 10 heteroatoms. The molecule has 0 aliphatic carbocycles. The molecule has 32 heavy (non-hydrogen) atoms. The number of benzene rings is 2. The van der Waals surface area contributed by atoms with Gasteiger partial charge in [0.15, 0.2) is 0 Å². The predicted molar refractivity (Wildman–Crippen MR) is 121 cm³/mol. The van der Waals surface area contributed by atoms with E-state index >= 15 is 0 Å². The molecule has 0 aromatic heterocycles. The van der Waals surface area contributed by atoms with Crippen LogP contribution in [0.3, 0.4) is 0 Å². The Kier molecular flexibility index (Phi) is 7.15. The van der Waals surface area contributed by atoms with Crippen molar-refractivity contribution in [3.8, 4) is 0 Å². The fourth-order valence-corrected chi connectivity index (χ4v) is 4.84. The lowest BCUT2D eigenvalue weighted by atomic mass is 9.74. The first-order valence-electron chi connectivity index (χ1n) is 10.3. The molecule has 0 unspecified atom stereocenters. The topological polar surface area (TPSA) is 119 Å². The number of nitro groups is 1. The smallest absolute Gasteiger partial charge is 0.271 e. The molecule has 0 bridgehead atoms. The zero-order valence-electron chi connectivity index (χ0n) is 18.1. The Balaban J connectivity index is 1.81. The number of carbonyl (C=O) groups excluding carboxylic acids is 1. The minimum atomic E-state index is -3.86. The zero-order valence-corrected chi connectivity index (χ0v) is 18.9. The fourth-order valence-electron chi connectivity index (χ4n) is 3.94. The Bertz CT molecular complexity index is 1080. The van der Waals surface area contributed by atoms with Crippen LogP contribution < -0.4 is 9.62 Å². The van der Waals surface area contributed by atoms with Gasteiger partial charge in [0, 0.05) is 37.3 Å². The van der Waals surface area contributed by atoms with Gasteiger partial charge in [-0.05, 0) is 30.9 Å². The van der Waals surface area contributed by atoms with E-state index in [9.17, 15) is 23.3 Å². The molecule has 1 N–H and O–H groups in total. The van der Waals surface area contributed by atoms with E-state index in [0.717, 1.165) is 29.0 Å². The van der Waals surface area contributed by atoms with Crippen LogP contribution in [-0.4, -0.2) is 51.8 Å². The van der Waals surface area contributed by atoms with E-state index in [-0.39, 0.29) is 16.8 Å². The lowest BCUT2D eigenvalue weighted by molar-refractivity contribution is -0.384. The Morgan fingerprint density at radius 3 is 2.44 bits per heavy atom. The molecule has 3 rings (SSSR count). The molecule has 1 fully saturated rings. The molecular weight excluding hydrogens is 434 g/mol. The summed E-state index contributed by atoms with van der Waals surface area (Å²) in [7, 11) is -3.86. The van der Waals surface area contributed by atoms with Crippen molar-refractivity contribution >= 4 is 27.3 Å². The summed E-state index contributed by atoms with van der Waals surface area (Å²) in [5, 5.41) is 14.0. The SMILES string of the molecule is Cc1ccc([N+](=O)[O-])cc1N(CC(=O)NCC1(c2ccccc2)CCOCC1)S(C)(=O)=O. The number of anilines is 1. The lowest BCUT2D eigenvalue weighted by Gasteiger charge is -2.38. The van der Waals surface area contributed by atoms with Crippen molar-refractivity contribution in [3.05, 3.63) is 69.8 Å². The van der Waals surface area contributed by atoms with Crippen LogP contribution in [0.1, 0.15) is 24.0 Å². The van der Waals surface area contributed by atoms with Crippen molar-refractivity contribution in [1.82, 2.24) is 5.32 Å². The number of nitro benzene ring substituents is 1. The minimum absolute atomic E-state index is 0.112. The Labute approximate surface area is 187 Å². The number of aryl methyl sites for hydroxylation is 1. The number of hydrogen-bond donors (Lipinski definition) is 1. The molecule has 1 saturated heterocycles. The van der Waals surface area contributed by atoms with Crippen LogP contribution in [0.15, 0.2) is 48.5 Å². The van der Waals surface area contributed by atoms with E-state index in [1.165, 1.54) is 18.2 Å². The molecule has 0 atom stereocenters. The second kappa shape index (κ2) is 9.66. The van der Waals surface area contributed by atoms with E-state index in [2.05, 4.69) is 5.32 Å². The van der Waals surface area contributed by atoms with Gasteiger partial charge in [0.25, 0.3) is 5.69 Å². The third-order valence-electron chi connectivity index (χ3n) is 5.82. The number of nitrogens with one attached hydrogen (secondary N) is 1. The van der Waals surface area contributed by atoms with Gasteiger partial charge >= 0.3 is 0 Å². The maximum atomic E-state index is 12.8. The third-order valence-corrected chi connectivity index (χ3v) is 6.95. The summed E-state index contributed by atoms with van der Waals surface area (Å²) in [5.74, 6) is -0.483. The van der Waals surface area contributed by atoms with Gasteiger partial charge in [-0.3, -0.25) is 19.2 Å². The first kappa shape index (κ1) is 23.7. The number of carbonyl (C=O) groups is 1. The van der Waals surface area contributed by atoms with Gasteiger partial charge < -0.3 is 10.1 Å². The standard InChI is InChI=1S/C22H27N3O6S/c1-17-8-9-19(25(27)28)14-20(17)24(32(2,29)30)15-21(26)23-16-22(10-12-31-13-11-22)18-6-4-3-5-7-18/h3-9,14H,10-13,15-16H2,1-2H3,(H,23,26). The molecule has 172 valence electrons. The summed E-state index contributed by atoms with van der Waals surface area (Å²) in [5.41, 5.74) is 1.18. The Morgan fingerprint density at radius 1 is 1.19 bits per heavy atom. The summed E-state index contributed by atoms with van der Waals surface area (Å²) in [4.78, 5) is 23.4. The number of nitrogens with zero attached hydrogens (tertiary/aromatic N) is 2. The zero-order chi connectivity index (χ0) is 23.4. The highest BCUT2D eigenvalue weighted by molar-refractivity contribution is 7.92. The van der Waals surface area contributed by atoms with Crippen LogP contribution in [0.5, 0.6) is 0 Å². The van der Waals surface area contributed by atoms with Crippen molar-refractivity contribution in [1.29, 1.82) is 0 Å². The molecule has 9 nitrogen and oxygen atoms in total. The van der Waals surface area contributed by atoms with Crippen molar-refractivity contribution in [2.45, 2.75) is 25.2 Å². The van der Waals surface area contributed by atoms with Gasteiger partial charge in [0.05, 0.1) is 16.9 Å². The fraction of sp³-hybridized carbons (Fsp3) is 0.409. The van der Waals surface area contributed by atoms with E-state index in [1.807, 2.05) is 30.3 Å². The maximum Gasteiger partial charge on any atom is 0.271 e. The summed E-state index contributed by atoms with van der Waals surface area (Å²) < 4.78 is 31.3. The average Bonchev–Trinajstić information content (AvgIpc) is 2.77. The van der Waals surface area contributed by atoms with Gasteiger partial charge in [0.2, 0.25) is 15.9 Å². The van der Waals surface area contributed by atoms with Crippen molar-refractivity contribution in [3.63, 3.8) is 0 Å². The molecule has 1 aliphatic heterocycles. The summed E-state index contributed by atoms with van der Waals surface area (Å²) in [6, 6.07) is 13.8. The number of ether oxygens (including phenoxy) is 1. The van der Waals surface area contributed by atoms with Crippen LogP contribution >= 0.6 is 0 Å². The molecule has 1 aliphatic rings. The first-order valence-corrected chi connectivity index (χ1v) is 12.1. The number of non-ortho nitro benzene ring substituents is 1. The van der Waals surface area contributed by atoms with Crippen LogP contribution in [0.4, 0.5) is 11.4 Å². The molecule has 1 amide bonds. The Hall–Kier alpha value is -2.98. The monoisotopic (exact) mass is 461 g/mol. The van der Waals surface area contributed by atoms with E-state index in [0.29, 0.717) is 25.3 Å². The van der Waals surface area contributed by atoms with E-state index in [4.69, 9.17) is 4.74 Å². The molecule has 0 radical (unpaired) electrons. The molecule has 0 spiro atoms. The van der Waals surface area contributed by atoms with Crippen LogP contribution in [0, 0.1) is 17.0 Å². The number of amides is 1. The number of sulfonamides is 1. The van der Waals surface area contributed by atoms with Crippen LogP contribution in [-0.2, 0) is 25.0 Å².